The Morgan fingerprint density at radius 2 is 1.88 bits per heavy atom. The Kier molecular flexibility index (Phi) is 5.84. The minimum Gasteiger partial charge on any atom is -0.449 e. The van der Waals surface area contributed by atoms with Crippen molar-refractivity contribution in [3.8, 4) is 0 Å². The van der Waals surface area contributed by atoms with Gasteiger partial charge >= 0.3 is 5.97 Å². The number of hydrogen-bond acceptors (Lipinski definition) is 3. The second-order valence-electron chi connectivity index (χ2n) is 7.68. The van der Waals surface area contributed by atoms with Gasteiger partial charge in [0.25, 0.3) is 5.91 Å². The number of hydrogen-bond donors (Lipinski definition) is 1. The average Bonchev–Trinajstić information content (AvgIpc) is 3.40. The number of esters is 1. The Morgan fingerprint density at radius 3 is 2.54 bits per heavy atom. The van der Waals surface area contributed by atoms with E-state index in [9.17, 15) is 9.59 Å². The van der Waals surface area contributed by atoms with Crippen LogP contribution in [-0.2, 0) is 14.3 Å². The lowest BCUT2D eigenvalue weighted by Crippen LogP contribution is -2.42. The van der Waals surface area contributed by atoms with Crippen LogP contribution in [0.15, 0.2) is 12.1 Å². The molecule has 0 aliphatic heterocycles. The van der Waals surface area contributed by atoms with Gasteiger partial charge in [-0.25, -0.2) is 4.79 Å². The molecule has 1 heterocycles. The fourth-order valence-corrected chi connectivity index (χ4v) is 3.86. The van der Waals surface area contributed by atoms with Crippen molar-refractivity contribution < 1.29 is 14.3 Å². The predicted molar refractivity (Wildman–Crippen MR) is 102 cm³/mol. The number of aromatic nitrogens is 1. The smallest absolute Gasteiger partial charge is 0.331 e. The second-order valence-corrected chi connectivity index (χ2v) is 7.68. The highest BCUT2D eigenvalue weighted by Crippen LogP contribution is 2.38. The van der Waals surface area contributed by atoms with Crippen LogP contribution >= 0.6 is 0 Å². The van der Waals surface area contributed by atoms with E-state index in [0.717, 1.165) is 31.2 Å². The van der Waals surface area contributed by atoms with Gasteiger partial charge in [0.15, 0.2) is 6.10 Å². The minimum atomic E-state index is -0.770. The van der Waals surface area contributed by atoms with E-state index in [1.54, 1.807) is 13.0 Å². The summed E-state index contributed by atoms with van der Waals surface area (Å²) in [5, 5.41) is 2.99. The molecule has 1 N–H and O–H groups in total. The standard InChI is InChI=1S/C21H30N2O3/c1-14-13-17(15(2)23(14)19-10-11-19)9-12-20(24)26-16(3)21(25)22-18-7-5-4-6-8-18/h9,12-13,16,18-19H,4-8,10-11H2,1-3H3,(H,22,25)/b12-9+/t16-/m1/s1. The molecule has 26 heavy (non-hydrogen) atoms. The Morgan fingerprint density at radius 1 is 1.19 bits per heavy atom. The Hall–Kier alpha value is -2.04. The Balaban J connectivity index is 1.52. The van der Waals surface area contributed by atoms with E-state index in [1.165, 1.54) is 36.7 Å². The third-order valence-electron chi connectivity index (χ3n) is 5.45. The quantitative estimate of drug-likeness (QED) is 0.621. The van der Waals surface area contributed by atoms with Crippen molar-refractivity contribution in [1.29, 1.82) is 0 Å². The summed E-state index contributed by atoms with van der Waals surface area (Å²) in [5.74, 6) is -0.682. The molecule has 0 saturated heterocycles. The van der Waals surface area contributed by atoms with Gasteiger partial charge < -0.3 is 14.6 Å². The number of carbonyl (C=O) groups is 2. The van der Waals surface area contributed by atoms with Crippen LogP contribution in [0.3, 0.4) is 0 Å². The molecular weight excluding hydrogens is 328 g/mol. The van der Waals surface area contributed by atoms with Crippen molar-refractivity contribution in [2.75, 3.05) is 0 Å². The number of nitrogens with zero attached hydrogens (tertiary/aromatic N) is 1. The number of ether oxygens (including phenoxy) is 1. The number of rotatable bonds is 6. The van der Waals surface area contributed by atoms with Crippen LogP contribution in [-0.4, -0.2) is 28.6 Å². The van der Waals surface area contributed by atoms with Crippen molar-refractivity contribution >= 4 is 18.0 Å². The van der Waals surface area contributed by atoms with Crippen LogP contribution in [0.1, 0.15) is 74.9 Å². The maximum absolute atomic E-state index is 12.2. The lowest BCUT2D eigenvalue weighted by atomic mass is 9.95. The van der Waals surface area contributed by atoms with Crippen molar-refractivity contribution in [2.24, 2.45) is 0 Å². The average molecular weight is 358 g/mol. The van der Waals surface area contributed by atoms with E-state index < -0.39 is 12.1 Å². The van der Waals surface area contributed by atoms with Gasteiger partial charge in [0.05, 0.1) is 0 Å². The fraction of sp³-hybridized carbons (Fsp3) is 0.619. The van der Waals surface area contributed by atoms with Gasteiger partial charge in [-0.2, -0.15) is 0 Å². The summed E-state index contributed by atoms with van der Waals surface area (Å²) in [4.78, 5) is 24.3. The first kappa shape index (κ1) is 18.7. The molecule has 3 rings (SSSR count). The summed E-state index contributed by atoms with van der Waals surface area (Å²) in [7, 11) is 0. The van der Waals surface area contributed by atoms with Gasteiger partial charge in [-0.15, -0.1) is 0 Å². The summed E-state index contributed by atoms with van der Waals surface area (Å²) in [6, 6.07) is 2.93. The molecule has 1 atom stereocenters. The zero-order valence-corrected chi connectivity index (χ0v) is 16.1. The number of amides is 1. The van der Waals surface area contributed by atoms with E-state index in [1.807, 2.05) is 0 Å². The van der Waals surface area contributed by atoms with Gasteiger partial charge in [-0.05, 0) is 64.2 Å². The minimum absolute atomic E-state index is 0.203. The molecule has 0 aromatic carbocycles. The lowest BCUT2D eigenvalue weighted by Gasteiger charge is -2.24. The molecular formula is C21H30N2O3. The predicted octanol–water partition coefficient (Wildman–Crippen LogP) is 3.83. The van der Waals surface area contributed by atoms with Crippen molar-refractivity contribution in [1.82, 2.24) is 9.88 Å². The molecule has 1 aromatic heterocycles. The summed E-state index contributed by atoms with van der Waals surface area (Å²) < 4.78 is 7.61. The normalized spacial score (nSPS) is 19.5. The van der Waals surface area contributed by atoms with Crippen molar-refractivity contribution in [3.63, 3.8) is 0 Å². The number of carbonyl (C=O) groups excluding carboxylic acids is 2. The highest BCUT2D eigenvalue weighted by Gasteiger charge is 2.26. The van der Waals surface area contributed by atoms with Gasteiger partial charge in [-0.3, -0.25) is 4.79 Å². The highest BCUT2D eigenvalue weighted by molar-refractivity contribution is 5.90. The molecule has 0 unspecified atom stereocenters. The van der Waals surface area contributed by atoms with Crippen LogP contribution in [0.5, 0.6) is 0 Å². The zero-order chi connectivity index (χ0) is 18.7. The van der Waals surface area contributed by atoms with Crippen LogP contribution < -0.4 is 5.32 Å². The fourth-order valence-electron chi connectivity index (χ4n) is 3.86. The molecule has 2 aliphatic rings. The summed E-state index contributed by atoms with van der Waals surface area (Å²) in [6.07, 6.45) is 10.5. The highest BCUT2D eigenvalue weighted by atomic mass is 16.5. The molecule has 1 aromatic rings. The molecule has 2 saturated carbocycles. The topological polar surface area (TPSA) is 60.3 Å². The number of nitrogens with one attached hydrogen (secondary N) is 1. The largest absolute Gasteiger partial charge is 0.449 e. The van der Waals surface area contributed by atoms with E-state index in [2.05, 4.69) is 29.8 Å². The molecule has 0 bridgehead atoms. The van der Waals surface area contributed by atoms with E-state index in [4.69, 9.17) is 4.74 Å². The summed E-state index contributed by atoms with van der Waals surface area (Å²) in [6.45, 7) is 5.80. The van der Waals surface area contributed by atoms with Crippen molar-refractivity contribution in [3.05, 3.63) is 29.1 Å². The second kappa shape index (κ2) is 8.11. The van der Waals surface area contributed by atoms with Gasteiger partial charge in [-0.1, -0.05) is 19.3 Å². The third kappa shape index (κ3) is 4.57. The van der Waals surface area contributed by atoms with Crippen LogP contribution in [0.25, 0.3) is 6.08 Å². The first-order valence-electron chi connectivity index (χ1n) is 9.83. The van der Waals surface area contributed by atoms with E-state index in [-0.39, 0.29) is 11.9 Å². The van der Waals surface area contributed by atoms with E-state index >= 15 is 0 Å². The lowest BCUT2D eigenvalue weighted by molar-refractivity contribution is -0.150. The molecule has 2 aliphatic carbocycles. The van der Waals surface area contributed by atoms with Crippen LogP contribution in [0.2, 0.25) is 0 Å². The van der Waals surface area contributed by atoms with Gasteiger partial charge in [0.1, 0.15) is 0 Å². The third-order valence-corrected chi connectivity index (χ3v) is 5.45. The van der Waals surface area contributed by atoms with Gasteiger partial charge in [0, 0.05) is 29.5 Å². The summed E-state index contributed by atoms with van der Waals surface area (Å²) in [5.41, 5.74) is 3.43. The first-order chi connectivity index (χ1) is 12.5. The SMILES string of the molecule is Cc1cc(/C=C/C(=O)O[C@H](C)C(=O)NC2CCCCC2)c(C)n1C1CC1. The van der Waals surface area contributed by atoms with Crippen LogP contribution in [0.4, 0.5) is 0 Å². The van der Waals surface area contributed by atoms with Crippen molar-refractivity contribution in [2.45, 2.75) is 83.9 Å². The van der Waals surface area contributed by atoms with E-state index in [0.29, 0.717) is 6.04 Å². The molecule has 0 radical (unpaired) electrons. The maximum Gasteiger partial charge on any atom is 0.331 e. The first-order valence-corrected chi connectivity index (χ1v) is 9.83. The molecule has 5 nitrogen and oxygen atoms in total. The monoisotopic (exact) mass is 358 g/mol. The Labute approximate surface area is 155 Å². The maximum atomic E-state index is 12.2. The molecule has 0 spiro atoms. The Bertz CT molecular complexity index is 694. The molecule has 1 amide bonds. The molecule has 5 heteroatoms. The summed E-state index contributed by atoms with van der Waals surface area (Å²) >= 11 is 0. The number of aryl methyl sites for hydroxylation is 1. The van der Waals surface area contributed by atoms with Gasteiger partial charge in [0.2, 0.25) is 0 Å². The molecule has 2 fully saturated rings. The van der Waals surface area contributed by atoms with Crippen LogP contribution in [0, 0.1) is 13.8 Å². The zero-order valence-electron chi connectivity index (χ0n) is 16.1. The molecule has 142 valence electrons.